The molecule has 0 heterocycles. The van der Waals surface area contributed by atoms with E-state index in [9.17, 15) is 0 Å². The number of fused-ring (bicyclic) bond motifs is 1. The molecular weight excluding hydrogens is 280 g/mol. The molecule has 1 nitrogen and oxygen atoms in total. The highest BCUT2D eigenvalue weighted by Crippen LogP contribution is 2.37. The molecule has 0 aromatic heterocycles. The zero-order chi connectivity index (χ0) is 14.8. The summed E-state index contributed by atoms with van der Waals surface area (Å²) in [5.41, 5.74) is 6.39. The number of rotatable bonds is 4. The molecule has 2 aromatic carbocycles. The number of hydrogen-bond donors (Lipinski definition) is 0. The van der Waals surface area contributed by atoms with Crippen molar-refractivity contribution in [3.63, 3.8) is 0 Å². The molecule has 3 rings (SSSR count). The van der Waals surface area contributed by atoms with Gasteiger partial charge in [0, 0.05) is 5.56 Å². The van der Waals surface area contributed by atoms with Gasteiger partial charge in [-0.25, -0.2) is 0 Å². The molecule has 2 aromatic rings. The molecule has 21 heavy (non-hydrogen) atoms. The van der Waals surface area contributed by atoms with Crippen LogP contribution in [0.5, 0.6) is 5.75 Å². The molecule has 0 amide bonds. The van der Waals surface area contributed by atoms with E-state index in [0.717, 1.165) is 11.3 Å². The van der Waals surface area contributed by atoms with Crippen LogP contribution in [0.1, 0.15) is 46.5 Å². The minimum absolute atomic E-state index is 0.155. The van der Waals surface area contributed by atoms with Gasteiger partial charge in [0.25, 0.3) is 0 Å². The molecular formula is C19H21ClO. The minimum atomic E-state index is -0.155. The van der Waals surface area contributed by atoms with Gasteiger partial charge in [0.05, 0.1) is 12.0 Å². The summed E-state index contributed by atoms with van der Waals surface area (Å²) in [5, 5.41) is -0.155. The van der Waals surface area contributed by atoms with Crippen LogP contribution in [0.25, 0.3) is 0 Å². The van der Waals surface area contributed by atoms with Gasteiger partial charge in [0.15, 0.2) is 0 Å². The SMILES string of the molecule is CCOc1ccc(C)cc1C(Cl)c1ccc2c(c1)CCC2. The van der Waals surface area contributed by atoms with Gasteiger partial charge in [-0.05, 0) is 55.9 Å². The summed E-state index contributed by atoms with van der Waals surface area (Å²) in [6.45, 7) is 4.75. The molecule has 0 N–H and O–H groups in total. The Morgan fingerprint density at radius 2 is 1.90 bits per heavy atom. The Kier molecular flexibility index (Phi) is 4.21. The summed E-state index contributed by atoms with van der Waals surface area (Å²) < 4.78 is 5.74. The Morgan fingerprint density at radius 1 is 1.10 bits per heavy atom. The number of hydrogen-bond acceptors (Lipinski definition) is 1. The summed E-state index contributed by atoms with van der Waals surface area (Å²) in [6.07, 6.45) is 3.65. The third-order valence-corrected chi connectivity index (χ3v) is 4.64. The van der Waals surface area contributed by atoms with Gasteiger partial charge in [0.1, 0.15) is 5.75 Å². The van der Waals surface area contributed by atoms with Gasteiger partial charge in [0.2, 0.25) is 0 Å². The van der Waals surface area contributed by atoms with Crippen molar-refractivity contribution in [3.8, 4) is 5.75 Å². The van der Waals surface area contributed by atoms with Crippen molar-refractivity contribution < 1.29 is 4.74 Å². The second-order valence-electron chi connectivity index (χ2n) is 5.72. The molecule has 0 saturated carbocycles. The molecule has 1 atom stereocenters. The minimum Gasteiger partial charge on any atom is -0.494 e. The van der Waals surface area contributed by atoms with E-state index in [1.165, 1.54) is 41.5 Å². The molecule has 0 fully saturated rings. The monoisotopic (exact) mass is 300 g/mol. The lowest BCUT2D eigenvalue weighted by Gasteiger charge is -2.17. The Morgan fingerprint density at radius 3 is 2.71 bits per heavy atom. The number of aryl methyl sites for hydroxylation is 3. The molecule has 1 aliphatic carbocycles. The Labute approximate surface area is 131 Å². The van der Waals surface area contributed by atoms with E-state index in [0.29, 0.717) is 6.61 Å². The van der Waals surface area contributed by atoms with E-state index >= 15 is 0 Å². The van der Waals surface area contributed by atoms with Gasteiger partial charge < -0.3 is 4.74 Å². The first-order chi connectivity index (χ1) is 10.2. The molecule has 0 bridgehead atoms. The lowest BCUT2D eigenvalue weighted by molar-refractivity contribution is 0.337. The summed E-state index contributed by atoms with van der Waals surface area (Å²) >= 11 is 6.77. The third kappa shape index (κ3) is 2.94. The normalized spacial score (nSPS) is 14.8. The van der Waals surface area contributed by atoms with Crippen LogP contribution in [0.2, 0.25) is 0 Å². The summed E-state index contributed by atoms with van der Waals surface area (Å²) in [7, 11) is 0. The number of halogens is 1. The highest BCUT2D eigenvalue weighted by Gasteiger charge is 2.19. The molecule has 0 spiro atoms. The Balaban J connectivity index is 1.97. The van der Waals surface area contributed by atoms with E-state index in [1.54, 1.807) is 0 Å². The van der Waals surface area contributed by atoms with Crippen LogP contribution in [0.4, 0.5) is 0 Å². The van der Waals surface area contributed by atoms with E-state index < -0.39 is 0 Å². The standard InChI is InChI=1S/C19H21ClO/c1-3-21-18-10-7-13(2)11-17(18)19(20)16-9-8-14-5-4-6-15(14)12-16/h7-12,19H,3-6H2,1-2H3. The summed E-state index contributed by atoms with van der Waals surface area (Å²) in [6, 6.07) is 12.9. The maximum atomic E-state index is 6.77. The quantitative estimate of drug-likeness (QED) is 0.704. The van der Waals surface area contributed by atoms with Gasteiger partial charge in [-0.1, -0.05) is 35.9 Å². The fraction of sp³-hybridized carbons (Fsp3) is 0.368. The van der Waals surface area contributed by atoms with Crippen molar-refractivity contribution in [2.75, 3.05) is 6.61 Å². The van der Waals surface area contributed by atoms with Gasteiger partial charge in [-0.3, -0.25) is 0 Å². The molecule has 110 valence electrons. The molecule has 1 aliphatic rings. The van der Waals surface area contributed by atoms with Crippen LogP contribution >= 0.6 is 11.6 Å². The van der Waals surface area contributed by atoms with Crippen molar-refractivity contribution in [1.82, 2.24) is 0 Å². The fourth-order valence-electron chi connectivity index (χ4n) is 3.08. The van der Waals surface area contributed by atoms with Crippen LogP contribution < -0.4 is 4.74 Å². The first kappa shape index (κ1) is 14.5. The number of alkyl halides is 1. The zero-order valence-electron chi connectivity index (χ0n) is 12.7. The Hall–Kier alpha value is -1.47. The van der Waals surface area contributed by atoms with Crippen LogP contribution in [-0.4, -0.2) is 6.61 Å². The fourth-order valence-corrected chi connectivity index (χ4v) is 3.39. The average Bonchev–Trinajstić information content (AvgIpc) is 2.96. The van der Waals surface area contributed by atoms with Crippen molar-refractivity contribution >= 4 is 11.6 Å². The number of benzene rings is 2. The zero-order valence-corrected chi connectivity index (χ0v) is 13.4. The number of ether oxygens (including phenoxy) is 1. The van der Waals surface area contributed by atoms with Crippen LogP contribution in [-0.2, 0) is 12.8 Å². The van der Waals surface area contributed by atoms with Crippen LogP contribution in [0.3, 0.4) is 0 Å². The molecule has 0 radical (unpaired) electrons. The van der Waals surface area contributed by atoms with Crippen molar-refractivity contribution in [1.29, 1.82) is 0 Å². The molecule has 0 aliphatic heterocycles. The maximum Gasteiger partial charge on any atom is 0.124 e. The first-order valence-electron chi connectivity index (χ1n) is 7.68. The smallest absolute Gasteiger partial charge is 0.124 e. The van der Waals surface area contributed by atoms with Crippen LogP contribution in [0.15, 0.2) is 36.4 Å². The van der Waals surface area contributed by atoms with E-state index in [4.69, 9.17) is 16.3 Å². The van der Waals surface area contributed by atoms with Gasteiger partial charge >= 0.3 is 0 Å². The van der Waals surface area contributed by atoms with Gasteiger partial charge in [-0.2, -0.15) is 0 Å². The van der Waals surface area contributed by atoms with E-state index in [2.05, 4.69) is 37.3 Å². The second kappa shape index (κ2) is 6.11. The molecule has 0 saturated heterocycles. The van der Waals surface area contributed by atoms with E-state index in [1.807, 2.05) is 13.0 Å². The van der Waals surface area contributed by atoms with E-state index in [-0.39, 0.29) is 5.38 Å². The molecule has 2 heteroatoms. The van der Waals surface area contributed by atoms with Gasteiger partial charge in [-0.15, -0.1) is 11.6 Å². The van der Waals surface area contributed by atoms with Crippen molar-refractivity contribution in [2.45, 2.75) is 38.5 Å². The first-order valence-corrected chi connectivity index (χ1v) is 8.12. The lowest BCUT2D eigenvalue weighted by atomic mass is 9.98. The van der Waals surface area contributed by atoms with Crippen molar-refractivity contribution in [2.24, 2.45) is 0 Å². The largest absolute Gasteiger partial charge is 0.494 e. The highest BCUT2D eigenvalue weighted by atomic mass is 35.5. The highest BCUT2D eigenvalue weighted by molar-refractivity contribution is 6.22. The lowest BCUT2D eigenvalue weighted by Crippen LogP contribution is -2.01. The Bertz CT molecular complexity index is 648. The topological polar surface area (TPSA) is 9.23 Å². The van der Waals surface area contributed by atoms with Crippen LogP contribution in [0, 0.1) is 6.92 Å². The predicted octanol–water partition coefficient (Wildman–Crippen LogP) is 5.21. The van der Waals surface area contributed by atoms with Crippen molar-refractivity contribution in [3.05, 3.63) is 64.2 Å². The third-order valence-electron chi connectivity index (χ3n) is 4.15. The molecule has 1 unspecified atom stereocenters. The summed E-state index contributed by atoms with van der Waals surface area (Å²) in [4.78, 5) is 0. The predicted molar refractivity (Wildman–Crippen MR) is 88.5 cm³/mol. The average molecular weight is 301 g/mol. The summed E-state index contributed by atoms with van der Waals surface area (Å²) in [5.74, 6) is 0.892. The second-order valence-corrected chi connectivity index (χ2v) is 6.15. The maximum absolute atomic E-state index is 6.77.